The zero-order valence-electron chi connectivity index (χ0n) is 7.49. The van der Waals surface area contributed by atoms with Crippen LogP contribution < -0.4 is 11.5 Å². The molecule has 0 aromatic heterocycles. The van der Waals surface area contributed by atoms with E-state index in [1.165, 1.54) is 6.07 Å². The van der Waals surface area contributed by atoms with E-state index in [-0.39, 0.29) is 12.0 Å². The van der Waals surface area contributed by atoms with Gasteiger partial charge in [-0.05, 0) is 18.2 Å². The van der Waals surface area contributed by atoms with Crippen molar-refractivity contribution >= 4 is 11.4 Å². The van der Waals surface area contributed by atoms with Gasteiger partial charge in [0.05, 0.1) is 0 Å². The summed E-state index contributed by atoms with van der Waals surface area (Å²) < 4.78 is 0. The number of rotatable bonds is 2. The van der Waals surface area contributed by atoms with Crippen molar-refractivity contribution in [1.82, 2.24) is 0 Å². The zero-order chi connectivity index (χ0) is 10.1. The standard InChI is InChI=1S/C9H14N2O2/c1-2-9(12,13)7-5-6(10)3-4-8(7)11/h3-5,12-13H,2,10-11H2,1H3. The minimum absolute atomic E-state index is 0.167. The Balaban J connectivity index is 3.20. The smallest absolute Gasteiger partial charge is 0.191 e. The van der Waals surface area contributed by atoms with Gasteiger partial charge in [0.25, 0.3) is 0 Å². The third-order valence-corrected chi connectivity index (χ3v) is 2.00. The molecule has 1 aromatic rings. The molecule has 6 N–H and O–H groups in total. The van der Waals surface area contributed by atoms with Crippen LogP contribution in [0, 0.1) is 0 Å². The maximum atomic E-state index is 9.52. The van der Waals surface area contributed by atoms with Crippen LogP contribution in [0.2, 0.25) is 0 Å². The van der Waals surface area contributed by atoms with Gasteiger partial charge in [0.2, 0.25) is 0 Å². The van der Waals surface area contributed by atoms with Crippen molar-refractivity contribution in [2.75, 3.05) is 11.5 Å². The van der Waals surface area contributed by atoms with Gasteiger partial charge in [-0.3, -0.25) is 0 Å². The van der Waals surface area contributed by atoms with E-state index < -0.39 is 5.79 Å². The lowest BCUT2D eigenvalue weighted by atomic mass is 10.0. The first-order valence-corrected chi connectivity index (χ1v) is 4.07. The molecule has 1 rings (SSSR count). The van der Waals surface area contributed by atoms with Gasteiger partial charge in [-0.2, -0.15) is 0 Å². The number of nitrogens with two attached hydrogens (primary N) is 2. The lowest BCUT2D eigenvalue weighted by Crippen LogP contribution is -2.25. The fourth-order valence-electron chi connectivity index (χ4n) is 1.11. The summed E-state index contributed by atoms with van der Waals surface area (Å²) in [6.07, 6.45) is 0.167. The number of nitrogen functional groups attached to an aromatic ring is 2. The van der Waals surface area contributed by atoms with E-state index in [2.05, 4.69) is 0 Å². The first-order chi connectivity index (χ1) is 5.97. The minimum Gasteiger partial charge on any atom is -0.399 e. The molecule has 0 saturated heterocycles. The van der Waals surface area contributed by atoms with Crippen LogP contribution in [0.5, 0.6) is 0 Å². The van der Waals surface area contributed by atoms with Crippen molar-refractivity contribution < 1.29 is 10.2 Å². The second kappa shape index (κ2) is 3.24. The van der Waals surface area contributed by atoms with Gasteiger partial charge in [0.15, 0.2) is 5.79 Å². The van der Waals surface area contributed by atoms with Crippen LogP contribution >= 0.6 is 0 Å². The maximum Gasteiger partial charge on any atom is 0.191 e. The molecule has 0 radical (unpaired) electrons. The molecule has 0 heterocycles. The molecule has 0 aliphatic carbocycles. The fraction of sp³-hybridized carbons (Fsp3) is 0.333. The summed E-state index contributed by atoms with van der Waals surface area (Å²) >= 11 is 0. The summed E-state index contributed by atoms with van der Waals surface area (Å²) in [4.78, 5) is 0. The molecular formula is C9H14N2O2. The molecule has 4 nitrogen and oxygen atoms in total. The van der Waals surface area contributed by atoms with Crippen molar-refractivity contribution in [3.05, 3.63) is 23.8 Å². The number of aliphatic hydroxyl groups is 2. The quantitative estimate of drug-likeness (QED) is 0.393. The topological polar surface area (TPSA) is 92.5 Å². The van der Waals surface area contributed by atoms with Crippen molar-refractivity contribution in [2.45, 2.75) is 19.1 Å². The Morgan fingerprint density at radius 3 is 2.46 bits per heavy atom. The van der Waals surface area contributed by atoms with Crippen LogP contribution in [-0.4, -0.2) is 10.2 Å². The molecule has 0 saturated carbocycles. The Bertz CT molecular complexity index is 310. The van der Waals surface area contributed by atoms with E-state index in [1.54, 1.807) is 19.1 Å². The van der Waals surface area contributed by atoms with Gasteiger partial charge in [0, 0.05) is 23.4 Å². The van der Waals surface area contributed by atoms with Crippen molar-refractivity contribution in [1.29, 1.82) is 0 Å². The molecule has 0 amide bonds. The van der Waals surface area contributed by atoms with E-state index in [4.69, 9.17) is 11.5 Å². The SMILES string of the molecule is CCC(O)(O)c1cc(N)ccc1N. The first-order valence-electron chi connectivity index (χ1n) is 4.07. The average Bonchev–Trinajstić information content (AvgIpc) is 2.09. The largest absolute Gasteiger partial charge is 0.399 e. The Labute approximate surface area is 76.8 Å². The van der Waals surface area contributed by atoms with Crippen molar-refractivity contribution in [2.24, 2.45) is 0 Å². The van der Waals surface area contributed by atoms with E-state index in [9.17, 15) is 10.2 Å². The molecule has 0 atom stereocenters. The number of benzene rings is 1. The highest BCUT2D eigenvalue weighted by molar-refractivity contribution is 5.56. The van der Waals surface area contributed by atoms with Crippen LogP contribution in [0.3, 0.4) is 0 Å². The first kappa shape index (κ1) is 9.83. The summed E-state index contributed by atoms with van der Waals surface area (Å²) in [6, 6.07) is 4.64. The Morgan fingerprint density at radius 1 is 1.31 bits per heavy atom. The van der Waals surface area contributed by atoms with Crippen LogP contribution in [0.4, 0.5) is 11.4 Å². The summed E-state index contributed by atoms with van der Waals surface area (Å²) in [5.41, 5.74) is 12.1. The number of hydrogen-bond acceptors (Lipinski definition) is 4. The average molecular weight is 182 g/mol. The van der Waals surface area contributed by atoms with Crippen LogP contribution in [0.25, 0.3) is 0 Å². The van der Waals surface area contributed by atoms with Gasteiger partial charge < -0.3 is 21.7 Å². The minimum atomic E-state index is -1.89. The monoisotopic (exact) mass is 182 g/mol. The van der Waals surface area contributed by atoms with E-state index in [0.29, 0.717) is 11.4 Å². The number of anilines is 2. The molecule has 0 bridgehead atoms. The molecule has 0 unspecified atom stereocenters. The molecule has 0 spiro atoms. The molecule has 1 aromatic carbocycles. The predicted molar refractivity (Wildman–Crippen MR) is 51.7 cm³/mol. The number of hydrogen-bond donors (Lipinski definition) is 4. The van der Waals surface area contributed by atoms with E-state index in [1.807, 2.05) is 0 Å². The van der Waals surface area contributed by atoms with Crippen LogP contribution in [0.1, 0.15) is 18.9 Å². The van der Waals surface area contributed by atoms with Gasteiger partial charge in [-0.25, -0.2) is 0 Å². The van der Waals surface area contributed by atoms with Crippen LogP contribution in [0.15, 0.2) is 18.2 Å². The Hall–Kier alpha value is -1.26. The highest BCUT2D eigenvalue weighted by atomic mass is 16.5. The Morgan fingerprint density at radius 2 is 1.92 bits per heavy atom. The van der Waals surface area contributed by atoms with Gasteiger partial charge >= 0.3 is 0 Å². The summed E-state index contributed by atoms with van der Waals surface area (Å²) in [6.45, 7) is 1.66. The molecule has 13 heavy (non-hydrogen) atoms. The lowest BCUT2D eigenvalue weighted by Gasteiger charge is -2.22. The van der Waals surface area contributed by atoms with E-state index in [0.717, 1.165) is 0 Å². The van der Waals surface area contributed by atoms with Gasteiger partial charge in [0.1, 0.15) is 0 Å². The third kappa shape index (κ3) is 1.91. The second-order valence-corrected chi connectivity index (χ2v) is 3.02. The van der Waals surface area contributed by atoms with Gasteiger partial charge in [-0.1, -0.05) is 6.92 Å². The zero-order valence-corrected chi connectivity index (χ0v) is 7.49. The Kier molecular flexibility index (Phi) is 2.45. The third-order valence-electron chi connectivity index (χ3n) is 2.00. The molecule has 0 aliphatic heterocycles. The lowest BCUT2D eigenvalue weighted by molar-refractivity contribution is -0.170. The summed E-state index contributed by atoms with van der Waals surface area (Å²) in [5, 5.41) is 19.0. The normalized spacial score (nSPS) is 11.6. The predicted octanol–water partition coefficient (Wildman–Crippen LogP) is 0.398. The maximum absolute atomic E-state index is 9.52. The molecule has 72 valence electrons. The molecule has 0 fully saturated rings. The molecule has 0 aliphatic rings. The molecular weight excluding hydrogens is 168 g/mol. The van der Waals surface area contributed by atoms with Crippen molar-refractivity contribution in [3.8, 4) is 0 Å². The highest BCUT2D eigenvalue weighted by Gasteiger charge is 2.25. The summed E-state index contributed by atoms with van der Waals surface area (Å²) in [5.74, 6) is -1.89. The summed E-state index contributed by atoms with van der Waals surface area (Å²) in [7, 11) is 0. The fourth-order valence-corrected chi connectivity index (χ4v) is 1.11. The highest BCUT2D eigenvalue weighted by Crippen LogP contribution is 2.28. The van der Waals surface area contributed by atoms with Gasteiger partial charge in [-0.15, -0.1) is 0 Å². The second-order valence-electron chi connectivity index (χ2n) is 3.02. The van der Waals surface area contributed by atoms with Crippen molar-refractivity contribution in [3.63, 3.8) is 0 Å². The van der Waals surface area contributed by atoms with Crippen LogP contribution in [-0.2, 0) is 5.79 Å². The molecule has 4 heteroatoms. The van der Waals surface area contributed by atoms with E-state index >= 15 is 0 Å².